The molecule has 0 fully saturated rings. The molecule has 0 aromatic heterocycles. The van der Waals surface area contributed by atoms with Crippen molar-refractivity contribution in [3.05, 3.63) is 41.5 Å². The van der Waals surface area contributed by atoms with Crippen LogP contribution in [0.25, 0.3) is 0 Å². The molecule has 0 saturated carbocycles. The van der Waals surface area contributed by atoms with Crippen molar-refractivity contribution in [2.45, 2.75) is 70.3 Å². The molecule has 33 heavy (non-hydrogen) atoms. The van der Waals surface area contributed by atoms with E-state index in [0.29, 0.717) is 18.6 Å². The van der Waals surface area contributed by atoms with Crippen molar-refractivity contribution in [2.75, 3.05) is 14.2 Å². The van der Waals surface area contributed by atoms with E-state index in [4.69, 9.17) is 9.47 Å². The molecule has 182 valence electrons. The van der Waals surface area contributed by atoms with Crippen LogP contribution in [0, 0.1) is 0 Å². The summed E-state index contributed by atoms with van der Waals surface area (Å²) in [7, 11) is 2.89. The molecule has 0 saturated heterocycles. The molecule has 2 aromatic rings. The van der Waals surface area contributed by atoms with Gasteiger partial charge in [-0.3, -0.25) is 4.79 Å². The van der Waals surface area contributed by atoms with E-state index in [1.807, 2.05) is 0 Å². The van der Waals surface area contributed by atoms with Gasteiger partial charge in [0, 0.05) is 12.8 Å². The van der Waals surface area contributed by atoms with Crippen LogP contribution in [0.3, 0.4) is 0 Å². The van der Waals surface area contributed by atoms with Gasteiger partial charge in [-0.25, -0.2) is 0 Å². The molecule has 2 aromatic carbocycles. The molecule has 0 radical (unpaired) electrons. The third-order valence-corrected chi connectivity index (χ3v) is 5.88. The Morgan fingerprint density at radius 3 is 2.36 bits per heavy atom. The number of carbonyl (C=O) groups excluding carboxylic acids is 1. The number of hydrogen-bond acceptors (Lipinski definition) is 7. The highest BCUT2D eigenvalue weighted by Crippen LogP contribution is 2.40. The van der Waals surface area contributed by atoms with Crippen molar-refractivity contribution >= 4 is 5.78 Å². The quantitative estimate of drug-likeness (QED) is 0.236. The van der Waals surface area contributed by atoms with Gasteiger partial charge in [0.05, 0.1) is 20.3 Å². The predicted molar refractivity (Wildman–Crippen MR) is 126 cm³/mol. The van der Waals surface area contributed by atoms with Gasteiger partial charge in [-0.15, -0.1) is 0 Å². The lowest BCUT2D eigenvalue weighted by Gasteiger charge is -2.22. The minimum absolute atomic E-state index is 0.0424. The van der Waals surface area contributed by atoms with Gasteiger partial charge in [0.1, 0.15) is 5.78 Å². The molecular formula is C26H36O7. The van der Waals surface area contributed by atoms with E-state index in [2.05, 4.69) is 6.92 Å². The van der Waals surface area contributed by atoms with Crippen LogP contribution in [0.15, 0.2) is 30.3 Å². The van der Waals surface area contributed by atoms with Crippen LogP contribution in [-0.4, -0.2) is 46.5 Å². The molecule has 2 atom stereocenters. The average molecular weight is 461 g/mol. The minimum atomic E-state index is -0.819. The fourth-order valence-electron chi connectivity index (χ4n) is 4.00. The van der Waals surface area contributed by atoms with E-state index in [9.17, 15) is 25.2 Å². The second-order valence-corrected chi connectivity index (χ2v) is 8.42. The van der Waals surface area contributed by atoms with Crippen LogP contribution < -0.4 is 9.47 Å². The first kappa shape index (κ1) is 26.3. The summed E-state index contributed by atoms with van der Waals surface area (Å²) in [5.41, 5.74) is 1.64. The number of aliphatic hydroxyl groups excluding tert-OH is 1. The number of hydrogen-bond donors (Lipinski definition) is 4. The number of methoxy groups -OCH3 is 2. The topological polar surface area (TPSA) is 116 Å². The van der Waals surface area contributed by atoms with Crippen LogP contribution in [0.4, 0.5) is 0 Å². The van der Waals surface area contributed by atoms with Crippen LogP contribution in [0.1, 0.15) is 68.9 Å². The van der Waals surface area contributed by atoms with Gasteiger partial charge in [-0.05, 0) is 60.6 Å². The van der Waals surface area contributed by atoms with Crippen molar-refractivity contribution in [1.29, 1.82) is 0 Å². The standard InChI is InChI=1S/C26H36O7/c1-4-5-6-7-18(19-14-23(30)26(31)25(15-19)33-3)13-21(28)16-20(27)10-8-17-9-11-22(29)24(12-17)32-2/h9,11-12,14-15,18,21,28-31H,4-8,10,13,16H2,1-3H3. The number of aliphatic hydroxyl groups is 1. The summed E-state index contributed by atoms with van der Waals surface area (Å²) in [4.78, 5) is 12.5. The monoisotopic (exact) mass is 460 g/mol. The van der Waals surface area contributed by atoms with Crippen molar-refractivity contribution in [2.24, 2.45) is 0 Å². The lowest BCUT2D eigenvalue weighted by atomic mass is 9.86. The van der Waals surface area contributed by atoms with E-state index in [-0.39, 0.29) is 47.5 Å². The molecule has 7 nitrogen and oxygen atoms in total. The highest BCUT2D eigenvalue weighted by atomic mass is 16.5. The Balaban J connectivity index is 2.01. The molecular weight excluding hydrogens is 424 g/mol. The van der Waals surface area contributed by atoms with Gasteiger partial charge in [0.2, 0.25) is 5.75 Å². The van der Waals surface area contributed by atoms with Gasteiger partial charge < -0.3 is 29.9 Å². The molecule has 0 aliphatic carbocycles. The number of aromatic hydroxyl groups is 3. The zero-order valence-corrected chi connectivity index (χ0v) is 19.7. The van der Waals surface area contributed by atoms with Crippen LogP contribution >= 0.6 is 0 Å². The summed E-state index contributed by atoms with van der Waals surface area (Å²) in [5.74, 6) is -0.110. The van der Waals surface area contributed by atoms with Gasteiger partial charge in [0.15, 0.2) is 23.0 Å². The highest BCUT2D eigenvalue weighted by Gasteiger charge is 2.22. The van der Waals surface area contributed by atoms with E-state index in [0.717, 1.165) is 36.8 Å². The maximum absolute atomic E-state index is 12.5. The molecule has 0 spiro atoms. The number of phenols is 3. The van der Waals surface area contributed by atoms with Crippen molar-refractivity contribution in [3.63, 3.8) is 0 Å². The van der Waals surface area contributed by atoms with Gasteiger partial charge in [-0.1, -0.05) is 32.3 Å². The normalized spacial score (nSPS) is 12.8. The Bertz CT molecular complexity index is 910. The van der Waals surface area contributed by atoms with Crippen molar-refractivity contribution in [1.82, 2.24) is 0 Å². The summed E-state index contributed by atoms with van der Waals surface area (Å²) in [6.07, 6.45) is 4.21. The Hall–Kier alpha value is -2.93. The number of benzene rings is 2. The number of phenolic OH excluding ortho intramolecular Hbond substituents is 3. The SMILES string of the molecule is CCCCCC(CC(O)CC(=O)CCc1ccc(O)c(OC)c1)c1cc(O)c(O)c(OC)c1. The molecule has 0 aliphatic rings. The molecule has 2 unspecified atom stereocenters. The lowest BCUT2D eigenvalue weighted by Crippen LogP contribution is -2.18. The zero-order valence-electron chi connectivity index (χ0n) is 19.7. The van der Waals surface area contributed by atoms with Crippen LogP contribution in [0.2, 0.25) is 0 Å². The average Bonchev–Trinajstić information content (AvgIpc) is 2.79. The maximum atomic E-state index is 12.5. The third kappa shape index (κ3) is 7.86. The number of ether oxygens (including phenoxy) is 2. The summed E-state index contributed by atoms with van der Waals surface area (Å²) < 4.78 is 10.3. The number of aryl methyl sites for hydroxylation is 1. The molecule has 0 bridgehead atoms. The molecule has 0 amide bonds. The minimum Gasteiger partial charge on any atom is -0.504 e. The number of ketones is 1. The molecule has 4 N–H and O–H groups in total. The van der Waals surface area contributed by atoms with Crippen LogP contribution in [0.5, 0.6) is 28.7 Å². The third-order valence-electron chi connectivity index (χ3n) is 5.88. The van der Waals surface area contributed by atoms with Crippen molar-refractivity contribution < 1.29 is 34.7 Å². The number of Topliss-reactive ketones (excluding diaryl/α,β-unsaturated/α-hetero) is 1. The summed E-state index contributed by atoms with van der Waals surface area (Å²) in [6, 6.07) is 8.17. The van der Waals surface area contributed by atoms with E-state index >= 15 is 0 Å². The smallest absolute Gasteiger partial charge is 0.200 e. The maximum Gasteiger partial charge on any atom is 0.200 e. The highest BCUT2D eigenvalue weighted by molar-refractivity contribution is 5.79. The zero-order chi connectivity index (χ0) is 24.4. The largest absolute Gasteiger partial charge is 0.504 e. The second kappa shape index (κ2) is 12.9. The molecule has 0 heterocycles. The summed E-state index contributed by atoms with van der Waals surface area (Å²) >= 11 is 0. The summed E-state index contributed by atoms with van der Waals surface area (Å²) in [6.45, 7) is 2.11. The van der Waals surface area contributed by atoms with Crippen LogP contribution in [-0.2, 0) is 11.2 Å². The van der Waals surface area contributed by atoms with E-state index in [1.165, 1.54) is 26.4 Å². The Labute approximate surface area is 195 Å². The Morgan fingerprint density at radius 2 is 1.70 bits per heavy atom. The van der Waals surface area contributed by atoms with Gasteiger partial charge >= 0.3 is 0 Å². The van der Waals surface area contributed by atoms with Gasteiger partial charge in [0.25, 0.3) is 0 Å². The lowest BCUT2D eigenvalue weighted by molar-refractivity contribution is -0.121. The molecule has 2 rings (SSSR count). The first-order chi connectivity index (χ1) is 15.8. The number of unbranched alkanes of at least 4 members (excludes halogenated alkanes) is 2. The van der Waals surface area contributed by atoms with E-state index < -0.39 is 6.10 Å². The first-order valence-corrected chi connectivity index (χ1v) is 11.4. The fraction of sp³-hybridized carbons (Fsp3) is 0.500. The fourth-order valence-corrected chi connectivity index (χ4v) is 4.00. The second-order valence-electron chi connectivity index (χ2n) is 8.42. The number of rotatable bonds is 14. The number of carbonyl (C=O) groups is 1. The van der Waals surface area contributed by atoms with Crippen molar-refractivity contribution in [3.8, 4) is 28.7 Å². The Morgan fingerprint density at radius 1 is 0.970 bits per heavy atom. The van der Waals surface area contributed by atoms with E-state index in [1.54, 1.807) is 18.2 Å². The predicted octanol–water partition coefficient (Wildman–Crippen LogP) is 4.83. The summed E-state index contributed by atoms with van der Waals surface area (Å²) in [5, 5.41) is 40.3. The Kier molecular flexibility index (Phi) is 10.3. The molecule has 0 aliphatic heterocycles. The molecule has 7 heteroatoms. The first-order valence-electron chi connectivity index (χ1n) is 11.4. The van der Waals surface area contributed by atoms with Gasteiger partial charge in [-0.2, -0.15) is 0 Å².